The Labute approximate surface area is 162 Å². The lowest BCUT2D eigenvalue weighted by Gasteiger charge is -2.20. The highest BCUT2D eigenvalue weighted by atomic mass is 19.1. The minimum absolute atomic E-state index is 0.120. The number of benzene rings is 2. The summed E-state index contributed by atoms with van der Waals surface area (Å²) in [6.45, 7) is 0. The van der Waals surface area contributed by atoms with Crippen LogP contribution < -0.4 is 14.8 Å². The van der Waals surface area contributed by atoms with E-state index in [-0.39, 0.29) is 18.1 Å². The molecule has 3 rings (SSSR count). The number of hydrogen-bond acceptors (Lipinski definition) is 4. The number of amides is 1. The molecule has 0 aliphatic heterocycles. The molecule has 0 saturated heterocycles. The number of aryl methyl sites for hydroxylation is 1. The molecule has 0 bridgehead atoms. The summed E-state index contributed by atoms with van der Waals surface area (Å²) in [6, 6.07) is 10.8. The Hall–Kier alpha value is -3.35. The maximum Gasteiger partial charge on any atom is 0.225 e. The fourth-order valence-corrected chi connectivity index (χ4v) is 2.99. The Morgan fingerprint density at radius 3 is 2.54 bits per heavy atom. The maximum absolute atomic E-state index is 13.3. The van der Waals surface area contributed by atoms with Gasteiger partial charge in [0.15, 0.2) is 0 Å². The Morgan fingerprint density at radius 2 is 1.93 bits per heavy atom. The van der Waals surface area contributed by atoms with Crippen molar-refractivity contribution in [3.05, 3.63) is 77.6 Å². The molecule has 0 saturated carbocycles. The van der Waals surface area contributed by atoms with Gasteiger partial charge in [0, 0.05) is 31.1 Å². The van der Waals surface area contributed by atoms with Crippen molar-refractivity contribution < 1.29 is 18.7 Å². The van der Waals surface area contributed by atoms with Crippen LogP contribution in [-0.2, 0) is 18.3 Å². The molecule has 1 N–H and O–H groups in total. The van der Waals surface area contributed by atoms with Gasteiger partial charge in [-0.15, -0.1) is 0 Å². The summed E-state index contributed by atoms with van der Waals surface area (Å²) < 4.78 is 25.7. The fourth-order valence-electron chi connectivity index (χ4n) is 2.99. The van der Waals surface area contributed by atoms with Crippen LogP contribution >= 0.6 is 0 Å². The maximum atomic E-state index is 13.3. The van der Waals surface area contributed by atoms with Gasteiger partial charge in [-0.1, -0.05) is 18.2 Å². The predicted octanol–water partition coefficient (Wildman–Crippen LogP) is 3.02. The number of methoxy groups -OCH3 is 2. The first-order valence-electron chi connectivity index (χ1n) is 8.74. The smallest absolute Gasteiger partial charge is 0.225 e. The van der Waals surface area contributed by atoms with Crippen LogP contribution in [0.15, 0.2) is 54.9 Å². The van der Waals surface area contributed by atoms with E-state index in [1.165, 1.54) is 12.1 Å². The van der Waals surface area contributed by atoms with Crippen molar-refractivity contribution in [1.29, 1.82) is 0 Å². The van der Waals surface area contributed by atoms with Gasteiger partial charge in [-0.3, -0.25) is 4.79 Å². The highest BCUT2D eigenvalue weighted by Crippen LogP contribution is 2.26. The van der Waals surface area contributed by atoms with Crippen LogP contribution in [0.5, 0.6) is 11.5 Å². The van der Waals surface area contributed by atoms with Gasteiger partial charge in [0.05, 0.1) is 20.6 Å². The molecule has 6 nitrogen and oxygen atoms in total. The lowest BCUT2D eigenvalue weighted by atomic mass is 10.0. The van der Waals surface area contributed by atoms with Gasteiger partial charge >= 0.3 is 0 Å². The summed E-state index contributed by atoms with van der Waals surface area (Å²) >= 11 is 0. The average molecular weight is 383 g/mol. The van der Waals surface area contributed by atoms with Crippen molar-refractivity contribution in [3.63, 3.8) is 0 Å². The van der Waals surface area contributed by atoms with E-state index in [1.807, 2.05) is 11.6 Å². The molecule has 0 radical (unpaired) electrons. The molecule has 0 aliphatic carbocycles. The van der Waals surface area contributed by atoms with E-state index in [0.29, 0.717) is 17.3 Å². The van der Waals surface area contributed by atoms with E-state index < -0.39 is 6.04 Å². The van der Waals surface area contributed by atoms with Crippen molar-refractivity contribution in [2.75, 3.05) is 14.2 Å². The molecular weight excluding hydrogens is 361 g/mol. The molecule has 0 fully saturated rings. The second-order valence-electron chi connectivity index (χ2n) is 6.30. The highest BCUT2D eigenvalue weighted by Gasteiger charge is 2.21. The Bertz CT molecular complexity index is 954. The van der Waals surface area contributed by atoms with Gasteiger partial charge in [-0.25, -0.2) is 9.37 Å². The average Bonchev–Trinajstić information content (AvgIpc) is 3.13. The normalized spacial score (nSPS) is 11.7. The summed E-state index contributed by atoms with van der Waals surface area (Å²) in [6.07, 6.45) is 3.57. The molecule has 1 heterocycles. The Kier molecular flexibility index (Phi) is 5.93. The van der Waals surface area contributed by atoms with Gasteiger partial charge in [0.1, 0.15) is 29.2 Å². The summed E-state index contributed by atoms with van der Waals surface area (Å²) in [5.74, 6) is 1.34. The minimum atomic E-state index is -0.502. The first-order chi connectivity index (χ1) is 13.5. The number of halogens is 1. The molecule has 2 aromatic carbocycles. The predicted molar refractivity (Wildman–Crippen MR) is 103 cm³/mol. The third-order valence-corrected chi connectivity index (χ3v) is 4.47. The van der Waals surface area contributed by atoms with Crippen molar-refractivity contribution in [2.24, 2.45) is 7.05 Å². The van der Waals surface area contributed by atoms with Crippen LogP contribution in [-0.4, -0.2) is 29.7 Å². The zero-order chi connectivity index (χ0) is 20.1. The SMILES string of the molecule is COc1ccc(CC(=O)NC(c2ccc(F)cc2)c2nccn2C)c(OC)c1. The number of hydrogen-bond donors (Lipinski definition) is 1. The largest absolute Gasteiger partial charge is 0.497 e. The number of aromatic nitrogens is 2. The molecular formula is C21H22FN3O3. The number of ether oxygens (including phenoxy) is 2. The second-order valence-corrected chi connectivity index (χ2v) is 6.30. The number of imidazole rings is 1. The third kappa shape index (κ3) is 4.31. The summed E-state index contributed by atoms with van der Waals surface area (Å²) in [5.41, 5.74) is 1.48. The first-order valence-corrected chi connectivity index (χ1v) is 8.74. The number of carbonyl (C=O) groups excluding carboxylic acids is 1. The zero-order valence-electron chi connectivity index (χ0n) is 16.0. The van der Waals surface area contributed by atoms with Gasteiger partial charge in [-0.05, 0) is 23.8 Å². The topological polar surface area (TPSA) is 65.4 Å². The van der Waals surface area contributed by atoms with E-state index in [0.717, 1.165) is 11.1 Å². The lowest BCUT2D eigenvalue weighted by Crippen LogP contribution is -2.32. The molecule has 3 aromatic rings. The molecule has 146 valence electrons. The summed E-state index contributed by atoms with van der Waals surface area (Å²) in [4.78, 5) is 17.1. The Morgan fingerprint density at radius 1 is 1.18 bits per heavy atom. The van der Waals surface area contributed by atoms with Gasteiger partial charge in [-0.2, -0.15) is 0 Å². The van der Waals surface area contributed by atoms with Crippen LogP contribution in [0, 0.1) is 5.82 Å². The molecule has 0 spiro atoms. The number of nitrogens with one attached hydrogen (secondary N) is 1. The van der Waals surface area contributed by atoms with Gasteiger partial charge in [0.2, 0.25) is 5.91 Å². The van der Waals surface area contributed by atoms with E-state index in [9.17, 15) is 9.18 Å². The molecule has 1 aromatic heterocycles. The summed E-state index contributed by atoms with van der Waals surface area (Å²) in [7, 11) is 4.96. The monoisotopic (exact) mass is 383 g/mol. The first kappa shape index (κ1) is 19.4. The van der Waals surface area contributed by atoms with E-state index in [2.05, 4.69) is 10.3 Å². The Balaban J connectivity index is 1.84. The van der Waals surface area contributed by atoms with E-state index in [4.69, 9.17) is 9.47 Å². The van der Waals surface area contributed by atoms with E-state index in [1.54, 1.807) is 56.9 Å². The van der Waals surface area contributed by atoms with Crippen LogP contribution in [0.2, 0.25) is 0 Å². The molecule has 1 atom stereocenters. The number of nitrogens with zero attached hydrogens (tertiary/aromatic N) is 2. The van der Waals surface area contributed by atoms with Crippen molar-refractivity contribution in [3.8, 4) is 11.5 Å². The van der Waals surface area contributed by atoms with Crippen molar-refractivity contribution in [1.82, 2.24) is 14.9 Å². The molecule has 7 heteroatoms. The number of carbonyl (C=O) groups is 1. The van der Waals surface area contributed by atoms with Crippen LogP contribution in [0.1, 0.15) is 23.0 Å². The van der Waals surface area contributed by atoms with Gasteiger partial charge < -0.3 is 19.4 Å². The van der Waals surface area contributed by atoms with Crippen molar-refractivity contribution >= 4 is 5.91 Å². The lowest BCUT2D eigenvalue weighted by molar-refractivity contribution is -0.121. The van der Waals surface area contributed by atoms with Crippen molar-refractivity contribution in [2.45, 2.75) is 12.5 Å². The molecule has 1 amide bonds. The van der Waals surface area contributed by atoms with E-state index >= 15 is 0 Å². The van der Waals surface area contributed by atoms with Gasteiger partial charge in [0.25, 0.3) is 0 Å². The minimum Gasteiger partial charge on any atom is -0.497 e. The quantitative estimate of drug-likeness (QED) is 0.681. The molecule has 28 heavy (non-hydrogen) atoms. The molecule has 0 aliphatic rings. The van der Waals surface area contributed by atoms with Crippen LogP contribution in [0.3, 0.4) is 0 Å². The molecule has 1 unspecified atom stereocenters. The van der Waals surface area contributed by atoms with Crippen LogP contribution in [0.4, 0.5) is 4.39 Å². The zero-order valence-corrected chi connectivity index (χ0v) is 16.0. The highest BCUT2D eigenvalue weighted by molar-refractivity contribution is 5.80. The fraction of sp³-hybridized carbons (Fsp3) is 0.238. The standard InChI is InChI=1S/C21H22FN3O3/c1-25-11-10-23-21(25)20(14-4-7-16(22)8-5-14)24-19(26)12-15-6-9-17(27-2)13-18(15)28-3/h4-11,13,20H,12H2,1-3H3,(H,24,26). The third-order valence-electron chi connectivity index (χ3n) is 4.47. The second kappa shape index (κ2) is 8.56. The summed E-state index contributed by atoms with van der Waals surface area (Å²) in [5, 5.41) is 2.99. The van der Waals surface area contributed by atoms with Crippen LogP contribution in [0.25, 0.3) is 0 Å². The number of rotatable bonds is 7.